The van der Waals surface area contributed by atoms with E-state index < -0.39 is 0 Å². The minimum Gasteiger partial charge on any atom is -0.378 e. The molecular weight excluding hydrogens is 442 g/mol. The van der Waals surface area contributed by atoms with Gasteiger partial charge < -0.3 is 24.4 Å². The maximum Gasteiger partial charge on any atom is 0.254 e. The zero-order valence-corrected chi connectivity index (χ0v) is 20.2. The summed E-state index contributed by atoms with van der Waals surface area (Å²) in [7, 11) is 0. The van der Waals surface area contributed by atoms with Gasteiger partial charge in [-0.05, 0) is 56.4 Å². The molecule has 0 unspecified atom stereocenters. The Bertz CT molecular complexity index is 1170. The summed E-state index contributed by atoms with van der Waals surface area (Å²) >= 11 is 0. The van der Waals surface area contributed by atoms with E-state index in [-0.39, 0.29) is 5.91 Å². The number of anilines is 3. The summed E-state index contributed by atoms with van der Waals surface area (Å²) in [6, 6.07) is 8.09. The van der Waals surface area contributed by atoms with Gasteiger partial charge in [0, 0.05) is 43.5 Å². The Morgan fingerprint density at radius 2 is 1.66 bits per heavy atom. The number of hydrogen-bond acceptors (Lipinski definition) is 7. The number of nitrogens with one attached hydrogen (secondary N) is 1. The molecule has 1 aliphatic carbocycles. The van der Waals surface area contributed by atoms with Crippen molar-refractivity contribution in [3.8, 4) is 0 Å². The standard InChI is InChI=1S/C26H33N7O2/c34-25(31-14-16-35-17-15-31)19-8-10-20(11-9-19)28-23-22-24(33(18-27-22)21-6-2-3-7-21)30-26(29-23)32-12-4-1-5-13-32/h8-11,18,21H,1-7,12-17H2,(H,28,29,30). The molecule has 3 aliphatic rings. The van der Waals surface area contributed by atoms with Crippen LogP contribution < -0.4 is 10.2 Å². The number of imidazole rings is 1. The summed E-state index contributed by atoms with van der Waals surface area (Å²) in [4.78, 5) is 31.6. The molecular formula is C26H33N7O2. The molecule has 35 heavy (non-hydrogen) atoms. The van der Waals surface area contributed by atoms with E-state index in [0.29, 0.717) is 37.9 Å². The number of ether oxygens (including phenoxy) is 1. The van der Waals surface area contributed by atoms with Crippen molar-refractivity contribution in [3.05, 3.63) is 36.2 Å². The van der Waals surface area contributed by atoms with Crippen LogP contribution in [0.15, 0.2) is 30.6 Å². The van der Waals surface area contributed by atoms with Gasteiger partial charge in [-0.3, -0.25) is 4.79 Å². The van der Waals surface area contributed by atoms with Crippen LogP contribution in [0.4, 0.5) is 17.5 Å². The first-order valence-electron chi connectivity index (χ1n) is 13.0. The molecule has 2 saturated heterocycles. The Morgan fingerprint density at radius 3 is 2.40 bits per heavy atom. The van der Waals surface area contributed by atoms with E-state index in [1.54, 1.807) is 0 Å². The van der Waals surface area contributed by atoms with Crippen LogP contribution in [0.5, 0.6) is 0 Å². The van der Waals surface area contributed by atoms with Gasteiger partial charge >= 0.3 is 0 Å². The van der Waals surface area contributed by atoms with Crippen molar-refractivity contribution in [2.45, 2.75) is 51.0 Å². The number of amides is 1. The molecule has 9 heteroatoms. The van der Waals surface area contributed by atoms with E-state index in [1.165, 1.54) is 44.9 Å². The number of aromatic nitrogens is 4. The van der Waals surface area contributed by atoms with Gasteiger partial charge in [-0.1, -0.05) is 12.8 Å². The SMILES string of the molecule is O=C(c1ccc(Nc2nc(N3CCCCC3)nc3c2ncn3C2CCCC2)cc1)N1CCOCC1. The number of carbonyl (C=O) groups excluding carboxylic acids is 1. The minimum absolute atomic E-state index is 0.0481. The second-order valence-corrected chi connectivity index (χ2v) is 9.79. The van der Waals surface area contributed by atoms with Crippen LogP contribution >= 0.6 is 0 Å². The maximum absolute atomic E-state index is 12.8. The fourth-order valence-electron chi connectivity index (χ4n) is 5.46. The van der Waals surface area contributed by atoms with E-state index in [9.17, 15) is 4.79 Å². The Balaban J connectivity index is 1.30. The third kappa shape index (κ3) is 4.57. The summed E-state index contributed by atoms with van der Waals surface area (Å²) in [5.41, 5.74) is 3.27. The van der Waals surface area contributed by atoms with E-state index in [1.807, 2.05) is 35.5 Å². The monoisotopic (exact) mass is 475 g/mol. The number of carbonyl (C=O) groups is 1. The number of fused-ring (bicyclic) bond motifs is 1. The van der Waals surface area contributed by atoms with E-state index in [4.69, 9.17) is 19.7 Å². The van der Waals surface area contributed by atoms with Crippen molar-refractivity contribution < 1.29 is 9.53 Å². The molecule has 0 radical (unpaired) electrons. The lowest BCUT2D eigenvalue weighted by molar-refractivity contribution is 0.0303. The fraction of sp³-hybridized carbons (Fsp3) is 0.538. The number of rotatable bonds is 5. The second-order valence-electron chi connectivity index (χ2n) is 9.79. The molecule has 2 aromatic heterocycles. The van der Waals surface area contributed by atoms with Crippen LogP contribution in [-0.2, 0) is 4.74 Å². The summed E-state index contributed by atoms with van der Waals surface area (Å²) in [5, 5.41) is 3.48. The van der Waals surface area contributed by atoms with Crippen molar-refractivity contribution in [1.29, 1.82) is 0 Å². The van der Waals surface area contributed by atoms with Gasteiger partial charge in [-0.15, -0.1) is 0 Å². The lowest BCUT2D eigenvalue weighted by Crippen LogP contribution is -2.40. The normalized spacial score (nSPS) is 19.4. The highest BCUT2D eigenvalue weighted by atomic mass is 16.5. The van der Waals surface area contributed by atoms with Gasteiger partial charge in [0.2, 0.25) is 5.95 Å². The Kier molecular flexibility index (Phi) is 6.24. The highest BCUT2D eigenvalue weighted by molar-refractivity contribution is 5.95. The lowest BCUT2D eigenvalue weighted by atomic mass is 10.1. The highest BCUT2D eigenvalue weighted by Gasteiger charge is 2.24. The van der Waals surface area contributed by atoms with Crippen molar-refractivity contribution in [2.24, 2.45) is 0 Å². The van der Waals surface area contributed by atoms with Crippen LogP contribution in [0.3, 0.4) is 0 Å². The average molecular weight is 476 g/mol. The van der Waals surface area contributed by atoms with Crippen molar-refractivity contribution in [3.63, 3.8) is 0 Å². The molecule has 1 N–H and O–H groups in total. The number of piperidine rings is 1. The quantitative estimate of drug-likeness (QED) is 0.593. The first-order chi connectivity index (χ1) is 17.3. The summed E-state index contributed by atoms with van der Waals surface area (Å²) in [6.45, 7) is 4.45. The van der Waals surface area contributed by atoms with Crippen molar-refractivity contribution in [1.82, 2.24) is 24.4 Å². The van der Waals surface area contributed by atoms with Crippen LogP contribution in [0.1, 0.15) is 61.3 Å². The molecule has 1 amide bonds. The predicted molar refractivity (Wildman–Crippen MR) is 135 cm³/mol. The van der Waals surface area contributed by atoms with Gasteiger partial charge in [0.15, 0.2) is 17.0 Å². The number of morpholine rings is 1. The largest absolute Gasteiger partial charge is 0.378 e. The zero-order chi connectivity index (χ0) is 23.6. The summed E-state index contributed by atoms with van der Waals surface area (Å²) in [5.74, 6) is 1.55. The second kappa shape index (κ2) is 9.81. The van der Waals surface area contributed by atoms with Gasteiger partial charge in [0.1, 0.15) is 0 Å². The van der Waals surface area contributed by atoms with Crippen LogP contribution in [0, 0.1) is 0 Å². The molecule has 9 nitrogen and oxygen atoms in total. The van der Waals surface area contributed by atoms with Crippen molar-refractivity contribution in [2.75, 3.05) is 49.6 Å². The smallest absolute Gasteiger partial charge is 0.254 e. The van der Waals surface area contributed by atoms with Gasteiger partial charge in [-0.2, -0.15) is 9.97 Å². The molecule has 4 heterocycles. The highest BCUT2D eigenvalue weighted by Crippen LogP contribution is 2.34. The number of nitrogens with zero attached hydrogens (tertiary/aromatic N) is 6. The van der Waals surface area contributed by atoms with Crippen LogP contribution in [-0.4, -0.2) is 69.7 Å². The van der Waals surface area contributed by atoms with E-state index in [2.05, 4.69) is 14.8 Å². The Hall–Kier alpha value is -3.20. The van der Waals surface area contributed by atoms with E-state index in [0.717, 1.165) is 41.7 Å². The van der Waals surface area contributed by atoms with Crippen LogP contribution in [0.2, 0.25) is 0 Å². The van der Waals surface area contributed by atoms with Gasteiger partial charge in [0.25, 0.3) is 5.91 Å². The Labute approximate surface area is 205 Å². The molecule has 184 valence electrons. The van der Waals surface area contributed by atoms with Crippen molar-refractivity contribution >= 4 is 34.5 Å². The third-order valence-corrected chi connectivity index (χ3v) is 7.46. The lowest BCUT2D eigenvalue weighted by Gasteiger charge is -2.27. The maximum atomic E-state index is 12.8. The zero-order valence-electron chi connectivity index (χ0n) is 20.2. The molecule has 1 saturated carbocycles. The average Bonchev–Trinajstić information content (AvgIpc) is 3.60. The topological polar surface area (TPSA) is 88.4 Å². The summed E-state index contributed by atoms with van der Waals surface area (Å²) in [6.07, 6.45) is 10.4. The molecule has 2 aliphatic heterocycles. The first-order valence-corrected chi connectivity index (χ1v) is 13.0. The fourth-order valence-corrected chi connectivity index (χ4v) is 5.46. The van der Waals surface area contributed by atoms with Crippen LogP contribution in [0.25, 0.3) is 11.2 Å². The van der Waals surface area contributed by atoms with Gasteiger partial charge in [0.05, 0.1) is 19.5 Å². The number of benzene rings is 1. The molecule has 6 rings (SSSR count). The first kappa shape index (κ1) is 22.3. The molecule has 0 bridgehead atoms. The summed E-state index contributed by atoms with van der Waals surface area (Å²) < 4.78 is 7.62. The number of hydrogen-bond donors (Lipinski definition) is 1. The molecule has 1 aromatic carbocycles. The molecule has 3 aromatic rings. The Morgan fingerprint density at radius 1 is 0.914 bits per heavy atom. The van der Waals surface area contributed by atoms with Gasteiger partial charge in [-0.25, -0.2) is 4.98 Å². The molecule has 3 fully saturated rings. The molecule has 0 spiro atoms. The van der Waals surface area contributed by atoms with E-state index >= 15 is 0 Å². The predicted octanol–water partition coefficient (Wildman–Crippen LogP) is 4.15. The minimum atomic E-state index is 0.0481. The third-order valence-electron chi connectivity index (χ3n) is 7.46. The molecule has 0 atom stereocenters.